The van der Waals surface area contributed by atoms with Crippen LogP contribution in [0.25, 0.3) is 0 Å². The fraction of sp³-hybridized carbons (Fsp3) is 0.803. The predicted octanol–water partition coefficient (Wildman–Crippen LogP) is 0.808. The van der Waals surface area contributed by atoms with Gasteiger partial charge in [-0.2, -0.15) is 0 Å². The van der Waals surface area contributed by atoms with Gasteiger partial charge in [-0.25, -0.2) is 0 Å². The number of rotatable bonds is 33. The van der Waals surface area contributed by atoms with Gasteiger partial charge in [0.25, 0.3) is 0 Å². The van der Waals surface area contributed by atoms with Crippen molar-refractivity contribution in [2.24, 2.45) is 45.9 Å². The molecule has 2 atom stereocenters. The van der Waals surface area contributed by atoms with Crippen LogP contribution in [0.4, 0.5) is 5.69 Å². The lowest BCUT2D eigenvalue weighted by molar-refractivity contribution is -0.127. The van der Waals surface area contributed by atoms with E-state index in [1.165, 1.54) is 51.0 Å². The maximum Gasteiger partial charge on any atom is 0.222 e. The first-order valence-corrected chi connectivity index (χ1v) is 31.5. The molecule has 3 saturated heterocycles. The Morgan fingerprint density at radius 1 is 0.602 bits per heavy atom. The van der Waals surface area contributed by atoms with Crippen LogP contribution in [-0.2, 0) is 16.0 Å². The number of carbonyl (C=O) groups is 1. The second kappa shape index (κ2) is 64.9. The minimum atomic E-state index is 0.125. The van der Waals surface area contributed by atoms with Crippen LogP contribution < -0.4 is 50.8 Å². The molecule has 490 valence electrons. The molecule has 2 unspecified atom stereocenters. The van der Waals surface area contributed by atoms with Gasteiger partial charge >= 0.3 is 0 Å². The third kappa shape index (κ3) is 54.1. The number of nitrogens with zero attached hydrogens (tertiary/aromatic N) is 8. The van der Waals surface area contributed by atoms with Crippen molar-refractivity contribution >= 4 is 11.6 Å². The molecule has 1 amide bonds. The maximum atomic E-state index is 11.0. The summed E-state index contributed by atoms with van der Waals surface area (Å²) in [5.41, 5.74) is 45.5. The highest BCUT2D eigenvalue weighted by Crippen LogP contribution is 2.16. The quantitative estimate of drug-likeness (QED) is 0.0470. The fourth-order valence-corrected chi connectivity index (χ4v) is 8.76. The fourth-order valence-electron chi connectivity index (χ4n) is 8.76. The molecule has 1 aromatic heterocycles. The molecule has 1 aromatic carbocycles. The van der Waals surface area contributed by atoms with E-state index in [9.17, 15) is 4.79 Å². The summed E-state index contributed by atoms with van der Waals surface area (Å²) in [6.07, 6.45) is 15.1. The van der Waals surface area contributed by atoms with Crippen LogP contribution in [0.5, 0.6) is 0 Å². The van der Waals surface area contributed by atoms with Crippen LogP contribution >= 0.6 is 0 Å². The molecule has 5 rings (SSSR count). The third-order valence-electron chi connectivity index (χ3n) is 13.8. The lowest BCUT2D eigenvalue weighted by Gasteiger charge is -2.33. The molecule has 22 heteroatoms. The van der Waals surface area contributed by atoms with Gasteiger partial charge in [0.05, 0.1) is 39.6 Å². The summed E-state index contributed by atoms with van der Waals surface area (Å²) < 4.78 is 5.16. The van der Waals surface area contributed by atoms with E-state index < -0.39 is 0 Å². The van der Waals surface area contributed by atoms with Gasteiger partial charge in [0.2, 0.25) is 5.91 Å². The minimum Gasteiger partial charge on any atom is -0.395 e. The topological polar surface area (TPSA) is 351 Å². The molecule has 0 saturated carbocycles. The molecule has 0 spiro atoms. The number of aliphatic hydroxyl groups is 4. The number of likely N-dealkylation sites (tertiary alicyclic amines) is 2. The molecule has 22 nitrogen and oxygen atoms in total. The largest absolute Gasteiger partial charge is 0.395 e. The average Bonchev–Trinajstić information content (AvgIpc) is 3.92. The van der Waals surface area contributed by atoms with Crippen LogP contribution in [0.2, 0.25) is 0 Å². The van der Waals surface area contributed by atoms with Crippen molar-refractivity contribution in [2.75, 3.05) is 209 Å². The zero-order valence-corrected chi connectivity index (χ0v) is 53.4. The van der Waals surface area contributed by atoms with Crippen LogP contribution in [0.3, 0.4) is 0 Å². The first-order valence-electron chi connectivity index (χ1n) is 31.5. The Kier molecular flexibility index (Phi) is 65.8. The van der Waals surface area contributed by atoms with E-state index in [1.807, 2.05) is 51.1 Å². The van der Waals surface area contributed by atoms with E-state index in [4.69, 9.17) is 71.0 Å². The summed E-state index contributed by atoms with van der Waals surface area (Å²) >= 11 is 0. The van der Waals surface area contributed by atoms with Gasteiger partial charge in [-0.3, -0.25) is 24.5 Å². The maximum absolute atomic E-state index is 11.0. The van der Waals surface area contributed by atoms with Crippen molar-refractivity contribution < 1.29 is 30.0 Å². The minimum absolute atomic E-state index is 0.125. The Morgan fingerprint density at radius 3 is 1.63 bits per heavy atom. The van der Waals surface area contributed by atoms with Crippen LogP contribution in [0, 0.1) is 0 Å². The molecule has 0 bridgehead atoms. The Morgan fingerprint density at radius 2 is 1.16 bits per heavy atom. The Labute approximate surface area is 505 Å². The smallest absolute Gasteiger partial charge is 0.222 e. The highest BCUT2D eigenvalue weighted by molar-refractivity contribution is 5.78. The SMILES string of the molecule is CC1CCCCN1CCCN.CCN(CC)CCCC(C)N.CN(CCCN)c1ccccc1.NCCCN(CCO)CCO.NCCCN1CCCC1=O.NCCN(CCO)CCO.NCCN1CCOCC1.NCCc1ccccn1. The number of anilines is 1. The monoisotopic (exact) mass is 1180 g/mol. The standard InChI is InChI=1S/C10H16N2.C9H20N2.C9H22N2.C7H18N2O2.C7H14N2O.C7H10N2.C6H16N2O2.C6H14N2O/c1-12(9-5-8-11)10-6-3-2-4-7-10;1-9-5-2-3-7-11(9)8-4-6-10;1-4-11(5-2)8-6-7-9(3)10;8-2-1-3-9(4-6-10)5-7-11;8-4-2-6-9-5-1-3-7(9)10;8-5-4-7-3-1-2-6-9-7;7-1-2-8(3-5-9)4-6-10;7-1-2-8-3-5-9-6-4-8/h2-4,6-7H,5,8-9,11H2,1H3;9H,2-8,10H2,1H3;9H,4-8,10H2,1-3H3;10-11H,1-8H2;1-6,8H2;1-3,6H,4-5,8H2;9-10H,1-7H2;1-7H2. The first-order chi connectivity index (χ1) is 40.3. The van der Waals surface area contributed by atoms with E-state index in [1.54, 1.807) is 6.20 Å². The van der Waals surface area contributed by atoms with Gasteiger partial charge in [-0.05, 0) is 168 Å². The van der Waals surface area contributed by atoms with Crippen molar-refractivity contribution in [3.05, 3.63) is 60.4 Å². The summed E-state index contributed by atoms with van der Waals surface area (Å²) in [7, 11) is 2.09. The van der Waals surface area contributed by atoms with E-state index >= 15 is 0 Å². The Bertz CT molecular complexity index is 1540. The summed E-state index contributed by atoms with van der Waals surface area (Å²) in [6.45, 7) is 32.1. The third-order valence-corrected chi connectivity index (χ3v) is 13.8. The van der Waals surface area contributed by atoms with E-state index in [0.717, 1.165) is 161 Å². The average molecular weight is 1180 g/mol. The van der Waals surface area contributed by atoms with Gasteiger partial charge in [0, 0.05) is 135 Å². The molecule has 0 aliphatic carbocycles. The van der Waals surface area contributed by atoms with Crippen LogP contribution in [-0.4, -0.2) is 277 Å². The molecule has 3 aliphatic heterocycles. The van der Waals surface area contributed by atoms with Crippen molar-refractivity contribution in [3.63, 3.8) is 0 Å². The molecule has 83 heavy (non-hydrogen) atoms. The number of aromatic nitrogens is 1. The molecule has 2 aromatic rings. The van der Waals surface area contributed by atoms with Crippen LogP contribution in [0.1, 0.15) is 104 Å². The molecular formula is C61H130N16O6. The summed E-state index contributed by atoms with van der Waals surface area (Å²) in [6, 6.07) is 17.4. The van der Waals surface area contributed by atoms with E-state index in [2.05, 4.69) is 71.5 Å². The molecule has 3 fully saturated rings. The zero-order valence-electron chi connectivity index (χ0n) is 53.4. The number of hydrogen-bond donors (Lipinski definition) is 12. The molecule has 20 N–H and O–H groups in total. The van der Waals surface area contributed by atoms with Crippen molar-refractivity contribution in [3.8, 4) is 0 Å². The lowest BCUT2D eigenvalue weighted by Crippen LogP contribution is -2.39. The van der Waals surface area contributed by atoms with Gasteiger partial charge in [0.15, 0.2) is 0 Å². The number of para-hydroxylation sites is 1. The lowest BCUT2D eigenvalue weighted by atomic mass is 10.0. The molecule has 4 heterocycles. The van der Waals surface area contributed by atoms with Crippen molar-refractivity contribution in [1.82, 2.24) is 34.4 Å². The number of amides is 1. The number of ether oxygens (including phenoxy) is 1. The highest BCUT2D eigenvalue weighted by atomic mass is 16.5. The number of pyridine rings is 1. The number of piperidine rings is 1. The van der Waals surface area contributed by atoms with Gasteiger partial charge in [0.1, 0.15) is 0 Å². The molecule has 0 radical (unpaired) electrons. The predicted molar refractivity (Wildman–Crippen MR) is 349 cm³/mol. The van der Waals surface area contributed by atoms with Crippen molar-refractivity contribution in [2.45, 2.75) is 117 Å². The first kappa shape index (κ1) is 84.1. The number of hydrogen-bond acceptors (Lipinski definition) is 21. The number of morpholine rings is 1. The summed E-state index contributed by atoms with van der Waals surface area (Å²) in [5.74, 6) is 0.299. The number of carbonyl (C=O) groups excluding carboxylic acids is 1. The summed E-state index contributed by atoms with van der Waals surface area (Å²) in [5, 5.41) is 34.3. The second-order valence-electron chi connectivity index (χ2n) is 20.8. The van der Waals surface area contributed by atoms with E-state index in [0.29, 0.717) is 64.3 Å². The second-order valence-corrected chi connectivity index (χ2v) is 20.8. The molecule has 3 aliphatic rings. The van der Waals surface area contributed by atoms with E-state index in [-0.39, 0.29) is 26.4 Å². The van der Waals surface area contributed by atoms with Crippen molar-refractivity contribution in [1.29, 1.82) is 0 Å². The summed E-state index contributed by atoms with van der Waals surface area (Å²) in [4.78, 5) is 30.4. The van der Waals surface area contributed by atoms with Gasteiger partial charge < -0.3 is 90.6 Å². The Hall–Kier alpha value is -3.08. The van der Waals surface area contributed by atoms with Crippen LogP contribution in [0.15, 0.2) is 54.7 Å². The number of nitrogens with two attached hydrogens (primary N) is 8. The number of benzene rings is 1. The zero-order chi connectivity index (χ0) is 62.4. The molecular weight excluding hydrogens is 1050 g/mol. The van der Waals surface area contributed by atoms with Gasteiger partial charge in [-0.1, -0.05) is 44.5 Å². The highest BCUT2D eigenvalue weighted by Gasteiger charge is 2.19. The Balaban J connectivity index is -0.000000882. The number of aliphatic hydroxyl groups excluding tert-OH is 4. The van der Waals surface area contributed by atoms with Gasteiger partial charge in [-0.15, -0.1) is 0 Å². The normalized spacial score (nSPS) is 15.3.